The van der Waals surface area contributed by atoms with Crippen molar-refractivity contribution in [1.82, 2.24) is 4.90 Å². The number of piperidine rings is 1. The SMILES string of the molecule is Cc1ccc(C)c(OC(=O)C2CCCN(C3=NS(=O)(=O)c4ccccc43)C2)c1C. The monoisotopic (exact) mass is 412 g/mol. The first-order valence-electron chi connectivity index (χ1n) is 9.76. The zero-order chi connectivity index (χ0) is 20.8. The second-order valence-corrected chi connectivity index (χ2v) is 9.32. The van der Waals surface area contributed by atoms with Crippen molar-refractivity contribution >= 4 is 21.8 Å². The molecule has 152 valence electrons. The molecule has 4 rings (SSSR count). The zero-order valence-corrected chi connectivity index (χ0v) is 17.6. The lowest BCUT2D eigenvalue weighted by molar-refractivity contribution is -0.140. The molecule has 1 saturated heterocycles. The molecule has 2 aliphatic heterocycles. The van der Waals surface area contributed by atoms with E-state index < -0.39 is 10.0 Å². The van der Waals surface area contributed by atoms with Crippen LogP contribution in [0.15, 0.2) is 45.7 Å². The highest BCUT2D eigenvalue weighted by Gasteiger charge is 2.35. The molecule has 2 aromatic rings. The van der Waals surface area contributed by atoms with Gasteiger partial charge in [0.25, 0.3) is 10.0 Å². The van der Waals surface area contributed by atoms with Crippen molar-refractivity contribution < 1.29 is 17.9 Å². The van der Waals surface area contributed by atoms with E-state index >= 15 is 0 Å². The summed E-state index contributed by atoms with van der Waals surface area (Å²) in [7, 11) is -3.68. The Labute approximate surface area is 171 Å². The van der Waals surface area contributed by atoms with Gasteiger partial charge in [-0.3, -0.25) is 4.79 Å². The average molecular weight is 413 g/mol. The molecular formula is C22H24N2O4S. The van der Waals surface area contributed by atoms with Crippen molar-refractivity contribution in [2.24, 2.45) is 10.3 Å². The highest BCUT2D eigenvalue weighted by atomic mass is 32.2. The molecule has 1 fully saturated rings. The number of hydrogen-bond donors (Lipinski definition) is 0. The molecule has 2 aromatic carbocycles. The van der Waals surface area contributed by atoms with Crippen molar-refractivity contribution in [3.05, 3.63) is 58.7 Å². The minimum Gasteiger partial charge on any atom is -0.426 e. The van der Waals surface area contributed by atoms with Crippen molar-refractivity contribution in [1.29, 1.82) is 0 Å². The van der Waals surface area contributed by atoms with Crippen LogP contribution in [0, 0.1) is 26.7 Å². The van der Waals surface area contributed by atoms with Crippen molar-refractivity contribution in [3.8, 4) is 5.75 Å². The van der Waals surface area contributed by atoms with Crippen molar-refractivity contribution in [3.63, 3.8) is 0 Å². The molecule has 0 aliphatic carbocycles. The van der Waals surface area contributed by atoms with Gasteiger partial charge in [0.15, 0.2) is 5.84 Å². The van der Waals surface area contributed by atoms with Crippen LogP contribution in [-0.4, -0.2) is 38.2 Å². The lowest BCUT2D eigenvalue weighted by Crippen LogP contribution is -2.43. The van der Waals surface area contributed by atoms with Gasteiger partial charge in [-0.25, -0.2) is 0 Å². The molecule has 2 aliphatic rings. The fraction of sp³-hybridized carbons (Fsp3) is 0.364. The molecule has 0 saturated carbocycles. The number of likely N-dealkylation sites (tertiary alicyclic amines) is 1. The van der Waals surface area contributed by atoms with Gasteiger partial charge in [0, 0.05) is 18.7 Å². The second-order valence-electron chi connectivity index (χ2n) is 7.75. The number of amidine groups is 1. The number of nitrogens with zero attached hydrogens (tertiary/aromatic N) is 2. The Hall–Kier alpha value is -2.67. The molecule has 0 amide bonds. The van der Waals surface area contributed by atoms with E-state index in [1.165, 1.54) is 0 Å². The Bertz CT molecular complexity index is 1120. The maximum atomic E-state index is 12.9. The highest BCUT2D eigenvalue weighted by molar-refractivity contribution is 7.90. The summed E-state index contributed by atoms with van der Waals surface area (Å²) in [6, 6.07) is 10.8. The van der Waals surface area contributed by atoms with E-state index in [0.717, 1.165) is 23.1 Å². The van der Waals surface area contributed by atoms with E-state index in [1.807, 2.05) is 37.8 Å². The number of sulfonamides is 1. The normalized spacial score (nSPS) is 20.2. The van der Waals surface area contributed by atoms with Crippen LogP contribution in [0.25, 0.3) is 0 Å². The number of esters is 1. The number of benzene rings is 2. The summed E-state index contributed by atoms with van der Waals surface area (Å²) in [5.74, 6) is 0.446. The van der Waals surface area contributed by atoms with Crippen LogP contribution in [0.5, 0.6) is 5.75 Å². The molecular weight excluding hydrogens is 388 g/mol. The average Bonchev–Trinajstić information content (AvgIpc) is 2.99. The predicted molar refractivity (Wildman–Crippen MR) is 111 cm³/mol. The summed E-state index contributed by atoms with van der Waals surface area (Å²) < 4.78 is 34.5. The molecule has 1 atom stereocenters. The summed E-state index contributed by atoms with van der Waals surface area (Å²) in [5.41, 5.74) is 3.57. The molecule has 0 N–H and O–H groups in total. The first-order valence-corrected chi connectivity index (χ1v) is 11.2. The van der Waals surface area contributed by atoms with Gasteiger partial charge in [0.1, 0.15) is 10.6 Å². The molecule has 7 heteroatoms. The number of ether oxygens (including phenoxy) is 1. The molecule has 0 aromatic heterocycles. The van der Waals surface area contributed by atoms with E-state index in [4.69, 9.17) is 4.74 Å². The van der Waals surface area contributed by atoms with E-state index in [2.05, 4.69) is 4.40 Å². The standard InChI is InChI=1S/C22H24N2O4S/c1-14-10-11-15(2)20(16(14)3)28-22(25)17-7-6-12-24(13-17)21-18-8-4-5-9-19(18)29(26,27)23-21/h4-5,8-11,17H,6-7,12-13H2,1-3H3. The van der Waals surface area contributed by atoms with E-state index in [-0.39, 0.29) is 16.8 Å². The van der Waals surface area contributed by atoms with Crippen molar-refractivity contribution in [2.75, 3.05) is 13.1 Å². The minimum atomic E-state index is -3.68. The first-order chi connectivity index (χ1) is 13.8. The van der Waals surface area contributed by atoms with Gasteiger partial charge in [-0.05, 0) is 62.4 Å². The molecule has 1 unspecified atom stereocenters. The fourth-order valence-electron chi connectivity index (χ4n) is 3.94. The molecule has 0 spiro atoms. The molecule has 0 bridgehead atoms. The molecule has 29 heavy (non-hydrogen) atoms. The second kappa shape index (κ2) is 7.30. The summed E-state index contributed by atoms with van der Waals surface area (Å²) in [4.78, 5) is 15.0. The zero-order valence-electron chi connectivity index (χ0n) is 16.8. The predicted octanol–water partition coefficient (Wildman–Crippen LogP) is 3.38. The van der Waals surface area contributed by atoms with Gasteiger partial charge < -0.3 is 9.64 Å². The number of rotatable bonds is 2. The topological polar surface area (TPSA) is 76.0 Å². The van der Waals surface area contributed by atoms with Crippen LogP contribution in [0.4, 0.5) is 0 Å². The number of aryl methyl sites for hydroxylation is 2. The highest BCUT2D eigenvalue weighted by Crippen LogP contribution is 2.31. The van der Waals surface area contributed by atoms with Crippen LogP contribution < -0.4 is 4.74 Å². The Morgan fingerprint density at radius 3 is 2.62 bits per heavy atom. The van der Waals surface area contributed by atoms with Crippen LogP contribution >= 0.6 is 0 Å². The van der Waals surface area contributed by atoms with E-state index in [0.29, 0.717) is 36.7 Å². The Balaban J connectivity index is 1.56. The third-order valence-electron chi connectivity index (χ3n) is 5.74. The third-order valence-corrected chi connectivity index (χ3v) is 7.07. The Kier molecular flexibility index (Phi) is 4.94. The molecule has 6 nitrogen and oxygen atoms in total. The smallest absolute Gasteiger partial charge is 0.316 e. The summed E-state index contributed by atoms with van der Waals surface area (Å²) in [6.07, 6.45) is 1.48. The minimum absolute atomic E-state index is 0.228. The van der Waals surface area contributed by atoms with Gasteiger partial charge in [-0.1, -0.05) is 24.3 Å². The number of fused-ring (bicyclic) bond motifs is 1. The lowest BCUT2D eigenvalue weighted by Gasteiger charge is -2.33. The summed E-state index contributed by atoms with van der Waals surface area (Å²) in [5, 5.41) is 0. The van der Waals surface area contributed by atoms with Gasteiger partial charge in [-0.2, -0.15) is 8.42 Å². The van der Waals surface area contributed by atoms with Crippen LogP contribution in [-0.2, 0) is 14.8 Å². The first kappa shape index (κ1) is 19.6. The Morgan fingerprint density at radius 2 is 1.83 bits per heavy atom. The molecule has 2 heterocycles. The number of carbonyl (C=O) groups is 1. The van der Waals surface area contributed by atoms with Crippen LogP contribution in [0.2, 0.25) is 0 Å². The van der Waals surface area contributed by atoms with Crippen molar-refractivity contribution in [2.45, 2.75) is 38.5 Å². The lowest BCUT2D eigenvalue weighted by atomic mass is 9.97. The maximum absolute atomic E-state index is 12.9. The quantitative estimate of drug-likeness (QED) is 0.558. The molecule has 0 radical (unpaired) electrons. The third kappa shape index (κ3) is 3.55. The number of carbonyl (C=O) groups excluding carboxylic acids is 1. The van der Waals surface area contributed by atoms with Gasteiger partial charge in [-0.15, -0.1) is 4.40 Å². The largest absolute Gasteiger partial charge is 0.426 e. The van der Waals surface area contributed by atoms with E-state index in [1.54, 1.807) is 24.3 Å². The van der Waals surface area contributed by atoms with E-state index in [9.17, 15) is 13.2 Å². The van der Waals surface area contributed by atoms with Gasteiger partial charge in [0.05, 0.1) is 5.92 Å². The van der Waals surface area contributed by atoms with Gasteiger partial charge >= 0.3 is 5.97 Å². The maximum Gasteiger partial charge on any atom is 0.316 e. The van der Waals surface area contributed by atoms with Crippen LogP contribution in [0.3, 0.4) is 0 Å². The van der Waals surface area contributed by atoms with Crippen LogP contribution in [0.1, 0.15) is 35.1 Å². The van der Waals surface area contributed by atoms with Gasteiger partial charge in [0.2, 0.25) is 0 Å². The fourth-order valence-corrected chi connectivity index (χ4v) is 5.17. The summed E-state index contributed by atoms with van der Waals surface area (Å²) in [6.45, 7) is 6.93. The summed E-state index contributed by atoms with van der Waals surface area (Å²) >= 11 is 0. The Morgan fingerprint density at radius 1 is 1.10 bits per heavy atom. The number of hydrogen-bond acceptors (Lipinski definition) is 5.